The van der Waals surface area contributed by atoms with E-state index < -0.39 is 5.41 Å². The highest BCUT2D eigenvalue weighted by Gasteiger charge is 2.54. The molecule has 0 bridgehead atoms. The average molecular weight is 807 g/mol. The predicted octanol–water partition coefficient (Wildman–Crippen LogP) is 16.5. The van der Waals surface area contributed by atoms with Gasteiger partial charge in [-0.25, -0.2) is 0 Å². The fraction of sp³-hybridized carbons (Fsp3) is 0.0169. The Morgan fingerprint density at radius 1 is 0.323 bits per heavy atom. The minimum Gasteiger partial charge on any atom is -0.310 e. The van der Waals surface area contributed by atoms with E-state index in [1.807, 2.05) is 11.3 Å². The molecule has 62 heavy (non-hydrogen) atoms. The summed E-state index contributed by atoms with van der Waals surface area (Å²) in [5.74, 6) is 0. The Morgan fingerprint density at radius 2 is 0.839 bits per heavy atom. The van der Waals surface area contributed by atoms with Gasteiger partial charge in [0.15, 0.2) is 0 Å². The highest BCUT2D eigenvalue weighted by atomic mass is 32.1. The average Bonchev–Trinajstić information content (AvgIpc) is 3.97. The van der Waals surface area contributed by atoms with Gasteiger partial charge in [-0.3, -0.25) is 0 Å². The third kappa shape index (κ3) is 4.97. The van der Waals surface area contributed by atoms with Gasteiger partial charge in [0.25, 0.3) is 0 Å². The minimum absolute atomic E-state index is 0.632. The van der Waals surface area contributed by atoms with E-state index in [1.165, 1.54) is 81.1 Å². The van der Waals surface area contributed by atoms with Gasteiger partial charge in [-0.05, 0) is 123 Å². The van der Waals surface area contributed by atoms with E-state index >= 15 is 0 Å². The van der Waals surface area contributed by atoms with Gasteiger partial charge in [0.1, 0.15) is 0 Å². The molecule has 290 valence electrons. The number of hydrogen-bond donors (Lipinski definition) is 0. The Hall–Kier alpha value is -7.72. The zero-order valence-electron chi connectivity index (χ0n) is 33.7. The Bertz CT molecular complexity index is 3500. The van der Waals surface area contributed by atoms with Crippen LogP contribution in [0.5, 0.6) is 0 Å². The van der Waals surface area contributed by atoms with E-state index in [2.05, 4.69) is 240 Å². The minimum atomic E-state index is -0.632. The van der Waals surface area contributed by atoms with Gasteiger partial charge >= 0.3 is 0 Å². The van der Waals surface area contributed by atoms with Crippen molar-refractivity contribution in [2.75, 3.05) is 9.80 Å². The normalized spacial score (nSPS) is 14.5. The first-order valence-electron chi connectivity index (χ1n) is 21.3. The summed E-state index contributed by atoms with van der Waals surface area (Å²) >= 11 is 1.87. The van der Waals surface area contributed by atoms with Gasteiger partial charge in [-0.15, -0.1) is 11.3 Å². The highest BCUT2D eigenvalue weighted by Crippen LogP contribution is 2.67. The topological polar surface area (TPSA) is 6.48 Å². The van der Waals surface area contributed by atoms with Crippen LogP contribution >= 0.6 is 11.3 Å². The van der Waals surface area contributed by atoms with Crippen molar-refractivity contribution >= 4 is 76.4 Å². The van der Waals surface area contributed by atoms with E-state index in [-0.39, 0.29) is 0 Å². The van der Waals surface area contributed by atoms with E-state index in [0.717, 1.165) is 28.4 Å². The maximum Gasteiger partial charge on any atom is 0.0747 e. The summed E-state index contributed by atoms with van der Waals surface area (Å²) in [6, 6.07) is 85.4. The maximum atomic E-state index is 2.51. The molecule has 0 aliphatic heterocycles. The van der Waals surface area contributed by atoms with Crippen molar-refractivity contribution in [1.29, 1.82) is 0 Å². The molecular formula is C59H38N2S. The molecule has 0 radical (unpaired) electrons. The van der Waals surface area contributed by atoms with Crippen LogP contribution in [0.3, 0.4) is 0 Å². The Kier molecular flexibility index (Phi) is 7.72. The number of anilines is 6. The van der Waals surface area contributed by atoms with Crippen molar-refractivity contribution in [3.63, 3.8) is 0 Å². The van der Waals surface area contributed by atoms with Crippen LogP contribution in [-0.2, 0) is 5.41 Å². The molecule has 0 N–H and O–H groups in total. The Labute approximate surface area is 364 Å². The second kappa shape index (κ2) is 13.7. The monoisotopic (exact) mass is 806 g/mol. The standard InChI is InChI=1S/C59H38N2S/c1-4-19-40(20-5-1)60(44-33-35-49-48-27-14-17-31-55(48)62-56(49)38-44)43-32-34-47-46-26-12-15-29-51(46)59(53(47)37-43)52-30-16-13-28-50(52)57-45-25-11-10-18-39(45)36-54(58(57)59)61(41-21-6-2-7-22-41)42-23-8-3-9-24-42/h1-38H. The van der Waals surface area contributed by atoms with Crippen molar-refractivity contribution in [2.24, 2.45) is 0 Å². The number of rotatable bonds is 6. The summed E-state index contributed by atoms with van der Waals surface area (Å²) in [5, 5.41) is 5.09. The molecule has 11 aromatic rings. The van der Waals surface area contributed by atoms with Crippen molar-refractivity contribution in [3.8, 4) is 22.3 Å². The largest absolute Gasteiger partial charge is 0.310 e. The molecule has 1 spiro atoms. The summed E-state index contributed by atoms with van der Waals surface area (Å²) in [5.41, 5.74) is 16.5. The maximum absolute atomic E-state index is 2.51. The number of para-hydroxylation sites is 3. The van der Waals surface area contributed by atoms with Gasteiger partial charge in [0, 0.05) is 54.2 Å². The lowest BCUT2D eigenvalue weighted by Gasteiger charge is -2.36. The van der Waals surface area contributed by atoms with E-state index in [9.17, 15) is 0 Å². The molecule has 0 saturated heterocycles. The van der Waals surface area contributed by atoms with Crippen molar-refractivity contribution < 1.29 is 0 Å². The lowest BCUT2D eigenvalue weighted by atomic mass is 9.69. The lowest BCUT2D eigenvalue weighted by Crippen LogP contribution is -2.28. The van der Waals surface area contributed by atoms with Crippen molar-refractivity contribution in [1.82, 2.24) is 0 Å². The fourth-order valence-corrected chi connectivity index (χ4v) is 11.9. The molecule has 1 heterocycles. The predicted molar refractivity (Wildman–Crippen MR) is 263 cm³/mol. The SMILES string of the molecule is c1ccc(N(c2ccc3c(c2)C2(c4ccccc4-3)c3ccccc3-c3c2c(N(c2ccccc2)c2ccccc2)cc2ccccc32)c2ccc3c(c2)sc2ccccc23)cc1. The molecule has 3 heteroatoms. The molecular weight excluding hydrogens is 769 g/mol. The molecule has 0 amide bonds. The number of nitrogens with zero attached hydrogens (tertiary/aromatic N) is 2. The Balaban J connectivity index is 1.14. The number of fused-ring (bicyclic) bond motifs is 15. The lowest BCUT2D eigenvalue weighted by molar-refractivity contribution is 0.793. The van der Waals surface area contributed by atoms with E-state index in [0.29, 0.717) is 0 Å². The van der Waals surface area contributed by atoms with Crippen LogP contribution in [-0.4, -0.2) is 0 Å². The number of hydrogen-bond acceptors (Lipinski definition) is 3. The van der Waals surface area contributed by atoms with Crippen molar-refractivity contribution in [3.05, 3.63) is 253 Å². The van der Waals surface area contributed by atoms with Gasteiger partial charge < -0.3 is 9.80 Å². The highest BCUT2D eigenvalue weighted by molar-refractivity contribution is 7.25. The molecule has 0 fully saturated rings. The van der Waals surface area contributed by atoms with Crippen LogP contribution in [0.2, 0.25) is 0 Å². The molecule has 13 rings (SSSR count). The molecule has 2 nitrogen and oxygen atoms in total. The van der Waals surface area contributed by atoms with Gasteiger partial charge in [-0.1, -0.05) is 158 Å². The van der Waals surface area contributed by atoms with Crippen LogP contribution < -0.4 is 9.80 Å². The zero-order valence-corrected chi connectivity index (χ0v) is 34.6. The van der Waals surface area contributed by atoms with Crippen LogP contribution in [0, 0.1) is 0 Å². The van der Waals surface area contributed by atoms with Crippen LogP contribution in [0.1, 0.15) is 22.3 Å². The summed E-state index contributed by atoms with van der Waals surface area (Å²) in [6.45, 7) is 0. The fourth-order valence-electron chi connectivity index (χ4n) is 10.8. The van der Waals surface area contributed by atoms with E-state index in [1.54, 1.807) is 0 Å². The molecule has 2 aliphatic carbocycles. The summed E-state index contributed by atoms with van der Waals surface area (Å²) in [6.07, 6.45) is 0. The third-order valence-corrected chi connectivity index (χ3v) is 14.3. The first kappa shape index (κ1) is 35.1. The summed E-state index contributed by atoms with van der Waals surface area (Å²) in [4.78, 5) is 4.93. The van der Waals surface area contributed by atoms with Gasteiger partial charge in [0.05, 0.1) is 11.1 Å². The van der Waals surface area contributed by atoms with Gasteiger partial charge in [0.2, 0.25) is 0 Å². The Morgan fingerprint density at radius 3 is 1.56 bits per heavy atom. The van der Waals surface area contributed by atoms with Crippen molar-refractivity contribution in [2.45, 2.75) is 5.41 Å². The summed E-state index contributed by atoms with van der Waals surface area (Å²) in [7, 11) is 0. The van der Waals surface area contributed by atoms with E-state index in [4.69, 9.17) is 0 Å². The zero-order chi connectivity index (χ0) is 40.8. The second-order valence-electron chi connectivity index (χ2n) is 16.4. The first-order valence-corrected chi connectivity index (χ1v) is 22.2. The smallest absolute Gasteiger partial charge is 0.0747 e. The molecule has 10 aromatic carbocycles. The van der Waals surface area contributed by atoms with Crippen LogP contribution in [0.25, 0.3) is 53.2 Å². The third-order valence-electron chi connectivity index (χ3n) is 13.2. The second-order valence-corrected chi connectivity index (χ2v) is 17.5. The number of thiophene rings is 1. The molecule has 0 saturated carbocycles. The first-order chi connectivity index (χ1) is 30.8. The van der Waals surface area contributed by atoms with Crippen LogP contribution in [0.15, 0.2) is 231 Å². The quantitative estimate of drug-likeness (QED) is 0.165. The van der Waals surface area contributed by atoms with Gasteiger partial charge in [-0.2, -0.15) is 0 Å². The molecule has 1 unspecified atom stereocenters. The summed E-state index contributed by atoms with van der Waals surface area (Å²) < 4.78 is 2.59. The molecule has 1 aromatic heterocycles. The number of benzene rings is 10. The molecule has 2 aliphatic rings. The molecule has 1 atom stereocenters. The van der Waals surface area contributed by atoms with Crippen LogP contribution in [0.4, 0.5) is 34.1 Å².